The zero-order chi connectivity index (χ0) is 17.6. The van der Waals surface area contributed by atoms with E-state index in [1.807, 2.05) is 30.3 Å². The smallest absolute Gasteiger partial charge is 0.542 e. The van der Waals surface area contributed by atoms with Crippen molar-refractivity contribution in [3.05, 3.63) is 70.6 Å². The van der Waals surface area contributed by atoms with Crippen molar-refractivity contribution in [2.24, 2.45) is 0 Å². The molecule has 0 aliphatic heterocycles. The van der Waals surface area contributed by atoms with Crippen LogP contribution in [-0.2, 0) is 0 Å². The Bertz CT molecular complexity index is 936. The Hall–Kier alpha value is -2.28. The number of ether oxygens (including phenoxy) is 2. The molecule has 0 spiro atoms. The number of fused-ring (bicyclic) bond motifs is 1. The number of carboxylic acids is 1. The van der Waals surface area contributed by atoms with Crippen molar-refractivity contribution in [3.8, 4) is 11.5 Å². The van der Waals surface area contributed by atoms with Crippen LogP contribution < -0.4 is 49.6 Å². The van der Waals surface area contributed by atoms with Gasteiger partial charge in [-0.2, -0.15) is 0 Å². The van der Waals surface area contributed by atoms with Crippen molar-refractivity contribution >= 4 is 16.9 Å². The molecule has 3 rings (SSSR count). The zero-order valence-corrected chi connectivity index (χ0v) is 16.3. The van der Waals surface area contributed by atoms with Gasteiger partial charge in [0, 0.05) is 12.5 Å². The van der Waals surface area contributed by atoms with Crippen LogP contribution in [-0.4, -0.2) is 19.2 Å². The summed E-state index contributed by atoms with van der Waals surface area (Å²) in [5, 5.41) is 11.2. The molecule has 0 saturated carbocycles. The first-order chi connectivity index (χ1) is 12.1. The Balaban J connectivity index is 0.00000243. The number of para-hydroxylation sites is 2. The molecule has 1 heterocycles. The molecule has 2 aromatic carbocycles. The summed E-state index contributed by atoms with van der Waals surface area (Å²) in [6.07, 6.45) is 0.607. The summed E-state index contributed by atoms with van der Waals surface area (Å²) in [7, 11) is 0. The maximum absolute atomic E-state index is 12.0. The van der Waals surface area contributed by atoms with Crippen molar-refractivity contribution < 1.29 is 53.3 Å². The third kappa shape index (κ3) is 4.88. The van der Waals surface area contributed by atoms with E-state index in [4.69, 9.17) is 13.9 Å². The van der Waals surface area contributed by atoms with Crippen LogP contribution in [0.1, 0.15) is 17.0 Å². The van der Waals surface area contributed by atoms with E-state index in [2.05, 4.69) is 0 Å². The van der Waals surface area contributed by atoms with Crippen LogP contribution in [0.2, 0.25) is 0 Å². The van der Waals surface area contributed by atoms with E-state index < -0.39 is 17.2 Å². The first-order valence-electron chi connectivity index (χ1n) is 7.74. The van der Waals surface area contributed by atoms with Gasteiger partial charge in [-0.25, -0.2) is 0 Å². The Morgan fingerprint density at radius 1 is 1.00 bits per heavy atom. The van der Waals surface area contributed by atoms with Gasteiger partial charge in [0.2, 0.25) is 0 Å². The van der Waals surface area contributed by atoms with Gasteiger partial charge < -0.3 is 23.8 Å². The molecule has 0 saturated heterocycles. The van der Waals surface area contributed by atoms with Crippen LogP contribution >= 0.6 is 0 Å². The molecule has 26 heavy (non-hydrogen) atoms. The number of carbonyl (C=O) groups is 1. The third-order valence-corrected chi connectivity index (χ3v) is 3.48. The SMILES string of the molecule is O=C([O-])c1cc(=O)c2cccc(OCCCOc3ccccc3)c2o1.[Na+]. The van der Waals surface area contributed by atoms with Gasteiger partial charge in [-0.3, -0.25) is 4.79 Å². The number of hydrogen-bond donors (Lipinski definition) is 0. The Morgan fingerprint density at radius 2 is 1.73 bits per heavy atom. The summed E-state index contributed by atoms with van der Waals surface area (Å²) < 4.78 is 16.4. The first-order valence-corrected chi connectivity index (χ1v) is 7.74. The summed E-state index contributed by atoms with van der Waals surface area (Å²) in [4.78, 5) is 22.9. The number of hydrogen-bond acceptors (Lipinski definition) is 6. The second-order valence-electron chi connectivity index (χ2n) is 5.26. The van der Waals surface area contributed by atoms with Crippen molar-refractivity contribution in [2.75, 3.05) is 13.2 Å². The fourth-order valence-corrected chi connectivity index (χ4v) is 2.31. The summed E-state index contributed by atoms with van der Waals surface area (Å²) in [6.45, 7) is 0.786. The molecule has 0 aliphatic rings. The van der Waals surface area contributed by atoms with Crippen molar-refractivity contribution in [3.63, 3.8) is 0 Å². The van der Waals surface area contributed by atoms with Gasteiger partial charge in [0.15, 0.2) is 22.5 Å². The van der Waals surface area contributed by atoms with Crippen LogP contribution in [0.4, 0.5) is 0 Å². The Morgan fingerprint density at radius 3 is 2.46 bits per heavy atom. The summed E-state index contributed by atoms with van der Waals surface area (Å²) in [6, 6.07) is 15.1. The van der Waals surface area contributed by atoms with Crippen LogP contribution in [0, 0.1) is 0 Å². The van der Waals surface area contributed by atoms with E-state index in [0.717, 1.165) is 11.8 Å². The maximum Gasteiger partial charge on any atom is 1.00 e. The molecular formula is C19H15NaO6. The van der Waals surface area contributed by atoms with E-state index in [-0.39, 0.29) is 40.5 Å². The number of carbonyl (C=O) groups excluding carboxylic acids is 1. The van der Waals surface area contributed by atoms with Crippen molar-refractivity contribution in [2.45, 2.75) is 6.42 Å². The van der Waals surface area contributed by atoms with E-state index in [0.29, 0.717) is 25.4 Å². The van der Waals surface area contributed by atoms with Gasteiger partial charge in [0.25, 0.3) is 0 Å². The molecule has 7 heteroatoms. The molecule has 0 aliphatic carbocycles. The minimum Gasteiger partial charge on any atom is -0.542 e. The van der Waals surface area contributed by atoms with Gasteiger partial charge in [-0.1, -0.05) is 24.3 Å². The van der Waals surface area contributed by atoms with Crippen LogP contribution in [0.3, 0.4) is 0 Å². The average molecular weight is 362 g/mol. The molecule has 0 bridgehead atoms. The van der Waals surface area contributed by atoms with Gasteiger partial charge >= 0.3 is 29.6 Å². The predicted molar refractivity (Wildman–Crippen MR) is 88.9 cm³/mol. The number of aromatic carboxylic acids is 1. The topological polar surface area (TPSA) is 88.8 Å². The van der Waals surface area contributed by atoms with E-state index in [1.54, 1.807) is 18.2 Å². The summed E-state index contributed by atoms with van der Waals surface area (Å²) >= 11 is 0. The monoisotopic (exact) mass is 362 g/mol. The normalized spacial score (nSPS) is 10.2. The molecule has 0 amide bonds. The van der Waals surface area contributed by atoms with Crippen molar-refractivity contribution in [1.29, 1.82) is 0 Å². The van der Waals surface area contributed by atoms with E-state index >= 15 is 0 Å². The Kier molecular flexibility index (Phi) is 7.26. The van der Waals surface area contributed by atoms with Gasteiger partial charge in [-0.05, 0) is 24.3 Å². The standard InChI is InChI=1S/C19H16O6.Na/c20-15-12-17(19(21)22)25-18-14(15)8-4-9-16(18)24-11-5-10-23-13-6-2-1-3-7-13;/h1-4,6-9,12H,5,10-11H2,(H,21,22);/q;+1/p-1. The molecule has 3 aromatic rings. The molecular weight excluding hydrogens is 347 g/mol. The fourth-order valence-electron chi connectivity index (χ4n) is 2.31. The average Bonchev–Trinajstić information content (AvgIpc) is 2.62. The minimum atomic E-state index is -1.55. The number of carboxylic acid groups (broad SMARTS) is 1. The second kappa shape index (κ2) is 9.43. The van der Waals surface area contributed by atoms with Gasteiger partial charge in [0.1, 0.15) is 11.7 Å². The van der Waals surface area contributed by atoms with Gasteiger partial charge in [-0.15, -0.1) is 0 Å². The first kappa shape index (κ1) is 20.0. The van der Waals surface area contributed by atoms with E-state index in [9.17, 15) is 14.7 Å². The maximum atomic E-state index is 12.0. The zero-order valence-electron chi connectivity index (χ0n) is 14.3. The third-order valence-electron chi connectivity index (χ3n) is 3.48. The number of rotatable bonds is 7. The molecule has 0 N–H and O–H groups in total. The second-order valence-corrected chi connectivity index (χ2v) is 5.26. The quantitative estimate of drug-likeness (QED) is 0.396. The fraction of sp³-hybridized carbons (Fsp3) is 0.158. The minimum absolute atomic E-state index is 0. The molecule has 6 nitrogen and oxygen atoms in total. The molecule has 0 fully saturated rings. The molecule has 1 aromatic heterocycles. The molecule has 0 radical (unpaired) electrons. The predicted octanol–water partition coefficient (Wildman–Crippen LogP) is -0.992. The van der Waals surface area contributed by atoms with Crippen LogP contribution in [0.15, 0.2) is 63.8 Å². The molecule has 128 valence electrons. The molecule has 0 unspecified atom stereocenters. The Labute approximate surface area is 171 Å². The number of benzene rings is 2. The summed E-state index contributed by atoms with van der Waals surface area (Å²) in [5.74, 6) is -0.999. The van der Waals surface area contributed by atoms with Crippen LogP contribution in [0.5, 0.6) is 11.5 Å². The van der Waals surface area contributed by atoms with Gasteiger partial charge in [0.05, 0.1) is 18.6 Å². The van der Waals surface area contributed by atoms with E-state index in [1.165, 1.54) is 0 Å². The largest absolute Gasteiger partial charge is 1.00 e. The summed E-state index contributed by atoms with van der Waals surface area (Å²) in [5.41, 5.74) is -0.364. The van der Waals surface area contributed by atoms with Crippen LogP contribution in [0.25, 0.3) is 11.0 Å². The molecule has 0 atom stereocenters. The van der Waals surface area contributed by atoms with Crippen molar-refractivity contribution in [1.82, 2.24) is 0 Å².